The van der Waals surface area contributed by atoms with Crippen molar-refractivity contribution in [2.24, 2.45) is 21.8 Å². The number of phenols is 8. The minimum absolute atomic E-state index is 0.00512. The average molecular weight is 1760 g/mol. The smallest absolute Gasteiger partial charge is 0.416 e. The number of hydrogen-bond donors (Lipinski definition) is 14. The lowest BCUT2D eigenvalue weighted by Crippen LogP contribution is -2.20. The molecule has 2 amide bonds. The van der Waals surface area contributed by atoms with Gasteiger partial charge in [0, 0.05) is 89.2 Å². The molecule has 0 saturated carbocycles. The van der Waals surface area contributed by atoms with Crippen molar-refractivity contribution in [3.8, 4) is 102 Å². The molecule has 0 aliphatic heterocycles. The molecule has 0 atom stereocenters. The van der Waals surface area contributed by atoms with Crippen LogP contribution in [-0.2, 0) is 28.7 Å². The predicted molar refractivity (Wildman–Crippen MR) is 509 cm³/mol. The Labute approximate surface area is 754 Å². The number of rotatable bonds is 17. The van der Waals surface area contributed by atoms with E-state index in [0.717, 1.165) is 62.6 Å². The number of ether oxygens (including phenoxy) is 2. The summed E-state index contributed by atoms with van der Waals surface area (Å²) in [4.78, 5) is 107. The van der Waals surface area contributed by atoms with E-state index in [-0.39, 0.29) is 101 Å². The van der Waals surface area contributed by atoms with Crippen LogP contribution in [0.4, 0.5) is 43.7 Å². The van der Waals surface area contributed by atoms with Gasteiger partial charge in [-0.25, -0.2) is 19.2 Å². The maximum atomic E-state index is 14.1. The number of benzene rings is 12. The van der Waals surface area contributed by atoms with Gasteiger partial charge in [0.25, 0.3) is 0 Å². The van der Waals surface area contributed by atoms with E-state index in [1.807, 2.05) is 120 Å². The zero-order valence-corrected chi connectivity index (χ0v) is 75.0. The first-order chi connectivity index (χ1) is 62.0. The number of ketones is 2. The Bertz CT molecular complexity index is 6750. The lowest BCUT2D eigenvalue weighted by Gasteiger charge is -2.29. The summed E-state index contributed by atoms with van der Waals surface area (Å²) in [7, 11) is 0. The van der Waals surface area contributed by atoms with E-state index in [1.165, 1.54) is 12.2 Å². The molecular formula is C105H98N6O20. The van der Waals surface area contributed by atoms with Crippen LogP contribution in [0.1, 0.15) is 171 Å². The lowest BCUT2D eigenvalue weighted by molar-refractivity contribution is -0.113. The lowest BCUT2D eigenvalue weighted by atomic mass is 9.75. The highest BCUT2D eigenvalue weighted by Crippen LogP contribution is 2.57. The zero-order chi connectivity index (χ0) is 95.8. The normalized spacial score (nSPS) is 12.9. The molecule has 0 unspecified atom stereocenters. The molecule has 0 saturated heterocycles. The highest BCUT2D eigenvalue weighted by molar-refractivity contribution is 6.35. The molecule has 12 aromatic carbocycles. The molecule has 26 nitrogen and oxygen atoms in total. The summed E-state index contributed by atoms with van der Waals surface area (Å²) in [5, 5.41) is 120. The number of aliphatic imine (C=N–C) groups is 2. The zero-order valence-electron chi connectivity index (χ0n) is 75.0. The number of anilines is 4. The number of carbonyl (C=O) groups is 6. The number of allylic oxidation sites excluding steroid dienone is 4. The summed E-state index contributed by atoms with van der Waals surface area (Å²) in [6, 6.07) is 41.7. The van der Waals surface area contributed by atoms with Crippen LogP contribution in [0.15, 0.2) is 174 Å². The predicted octanol–water partition coefficient (Wildman–Crippen LogP) is 23.3. The van der Waals surface area contributed by atoms with E-state index in [1.54, 1.807) is 138 Å². The van der Waals surface area contributed by atoms with E-state index in [9.17, 15) is 89.4 Å². The minimum atomic E-state index is -0.964. The Morgan fingerprint density at radius 3 is 1.03 bits per heavy atom. The van der Waals surface area contributed by atoms with E-state index < -0.39 is 93.1 Å². The number of aromatic hydroxyl groups is 8. The van der Waals surface area contributed by atoms with Gasteiger partial charge in [0.1, 0.15) is 35.5 Å². The molecule has 2 aliphatic rings. The number of isocyanates is 2. The van der Waals surface area contributed by atoms with Crippen molar-refractivity contribution in [2.45, 2.75) is 130 Å². The fourth-order valence-corrected chi connectivity index (χ4v) is 17.2. The van der Waals surface area contributed by atoms with Crippen LogP contribution in [0.2, 0.25) is 0 Å². The molecule has 0 heterocycles. The second kappa shape index (κ2) is 37.7. The van der Waals surface area contributed by atoms with Crippen molar-refractivity contribution in [3.63, 3.8) is 0 Å². The Hall–Kier alpha value is -16.3. The Morgan fingerprint density at radius 1 is 0.366 bits per heavy atom. The summed E-state index contributed by atoms with van der Waals surface area (Å²) in [5.41, 5.74) is 27.6. The van der Waals surface area contributed by atoms with Gasteiger partial charge < -0.3 is 72.0 Å². The van der Waals surface area contributed by atoms with Crippen LogP contribution in [0.25, 0.3) is 99.5 Å². The van der Waals surface area contributed by atoms with Crippen LogP contribution in [0, 0.1) is 74.1 Å². The van der Waals surface area contributed by atoms with Gasteiger partial charge in [-0.1, -0.05) is 122 Å². The van der Waals surface area contributed by atoms with Gasteiger partial charge in [-0.15, -0.1) is 0 Å². The number of aliphatic hydroxyl groups is 2. The molecule has 0 bridgehead atoms. The average Bonchev–Trinajstić information content (AvgIpc) is 0.719. The molecule has 16 N–H and O–H groups in total. The van der Waals surface area contributed by atoms with E-state index in [4.69, 9.17) is 20.9 Å². The van der Waals surface area contributed by atoms with Crippen LogP contribution < -0.4 is 22.1 Å². The van der Waals surface area contributed by atoms with Crippen molar-refractivity contribution in [2.75, 3.05) is 22.1 Å². The molecular weight excluding hydrogens is 1670 g/mol. The number of nitrogens with two attached hydrogens (primary N) is 2. The topological polar surface area (TPSA) is 458 Å². The molecule has 14 rings (SSSR count). The third-order valence-electron chi connectivity index (χ3n) is 23.6. The van der Waals surface area contributed by atoms with Gasteiger partial charge in [0.05, 0.1) is 33.6 Å². The maximum Gasteiger partial charge on any atom is 0.416 e. The second-order valence-corrected chi connectivity index (χ2v) is 33.7. The first-order valence-electron chi connectivity index (χ1n) is 41.8. The number of fused-ring (bicyclic) bond motifs is 4. The number of nitrogens with one attached hydrogen (secondary N) is 2. The molecule has 131 heavy (non-hydrogen) atoms. The molecule has 0 fully saturated rings. The quantitative estimate of drug-likeness (QED) is 0.00766. The molecule has 668 valence electrons. The number of nitrogen functional groups attached to an aromatic ring is 2. The SMILES string of the molecule is Cc1cc(-c2ccc(N=C=O)cc2)ccc1N=C=O.Cc1cc(-c2ccc(NC(=O)O/C=C3\C(=O)C(O)=C(C(C)C)c4cc(C)c(-c5c(C)cc6c(c5O)/C(=C/OC(=O)Nc5ccc(-c7ccc(N)c(C)c7)cc5C)C(=O)C(O)=C6C(C)C)c(O)c43)c(C)c2)ccc1N.Cc1cc2c(C(C)C)c(O)c(O)c(C=O)c2c(O)c1-c1c(C)cc2c(C(C)C)c(O)c(O)c(C=O)c2c1O. The molecule has 12 aromatic rings. The summed E-state index contributed by atoms with van der Waals surface area (Å²) in [5.74, 6) is -8.50. The third kappa shape index (κ3) is 17.8. The summed E-state index contributed by atoms with van der Waals surface area (Å²) < 4.78 is 11.1. The van der Waals surface area contributed by atoms with Gasteiger partial charge in [-0.3, -0.25) is 29.8 Å². The fourth-order valence-electron chi connectivity index (χ4n) is 17.2. The number of phenolic OH excluding ortho intramolecular Hbond substituents is 8. The monoisotopic (exact) mass is 1760 g/mol. The van der Waals surface area contributed by atoms with Crippen molar-refractivity contribution >= 4 is 126 Å². The van der Waals surface area contributed by atoms with Crippen molar-refractivity contribution < 1.29 is 98.9 Å². The number of nitrogens with zero attached hydrogens (tertiary/aromatic N) is 2. The van der Waals surface area contributed by atoms with Gasteiger partial charge in [-0.05, 0) is 264 Å². The number of hydrogen-bond acceptors (Lipinski definition) is 24. The number of aldehydes is 2. The van der Waals surface area contributed by atoms with Crippen molar-refractivity contribution in [3.05, 3.63) is 258 Å². The number of aryl methyl sites for hydroxylation is 9. The Kier molecular flexibility index (Phi) is 27.0. The Morgan fingerprint density at radius 2 is 0.695 bits per heavy atom. The standard InChI is InChI=1S/C60H58N4O10.C30H30O8.C15H10N2O2/c1-27(2)47-39-23-33(9)49(55(67)51(39)41(53(65)57(47)69)25-73-59(71)63-45-17-13-37(21-31(45)7)35-11-15-43(61)29(5)19-35)50-34(10)24-40-48(28(3)4)58(70)54(66)42(52(40)56(50)68)26-74-60(72)64-46-18-14-38(22-32(46)8)36-12-16-44(62)30(6)20-36;1-11(2)19-15-7-13(5)21(27(35)23(15)17(9-31)25(33)29(19)37)22-14(6)8-16-20(12(3)4)30(38)26(34)18(10-32)24(16)28(22)36;1-11-8-13(4-7-15(11)17-10-19)12-2-5-14(6-3-12)16-9-18/h11-28,67-70H,61-62H2,1-10H3,(H,63,71)(H,64,72);7-12,33-38H,1-6H3;2-8H,1H3/b41-25-,42-26-;;. The molecule has 0 aromatic heterocycles. The van der Waals surface area contributed by atoms with E-state index in [2.05, 4.69) is 20.6 Å². The van der Waals surface area contributed by atoms with E-state index in [0.29, 0.717) is 102 Å². The largest absolute Gasteiger partial charge is 0.507 e. The minimum Gasteiger partial charge on any atom is -0.507 e. The van der Waals surface area contributed by atoms with Crippen LogP contribution in [0.5, 0.6) is 46.0 Å². The van der Waals surface area contributed by atoms with Gasteiger partial charge in [0.2, 0.25) is 23.7 Å². The summed E-state index contributed by atoms with van der Waals surface area (Å²) in [6.07, 6.45) is 3.52. The highest BCUT2D eigenvalue weighted by atomic mass is 16.5. The molecule has 0 spiro atoms. The number of amides is 2. The number of carbonyl (C=O) groups excluding carboxylic acids is 8. The van der Waals surface area contributed by atoms with Gasteiger partial charge in [0.15, 0.2) is 47.1 Å². The van der Waals surface area contributed by atoms with Crippen LogP contribution >= 0.6 is 0 Å². The van der Waals surface area contributed by atoms with Crippen molar-refractivity contribution in [1.82, 2.24) is 0 Å². The van der Waals surface area contributed by atoms with Gasteiger partial charge >= 0.3 is 12.2 Å². The number of aliphatic hydroxyl groups excluding tert-OH is 2. The molecule has 2 aliphatic carbocycles. The Balaban J connectivity index is 0.000000223. The maximum absolute atomic E-state index is 14.1. The van der Waals surface area contributed by atoms with Crippen molar-refractivity contribution in [1.29, 1.82) is 0 Å². The summed E-state index contributed by atoms with van der Waals surface area (Å²) in [6.45, 7) is 30.3. The van der Waals surface area contributed by atoms with Gasteiger partial charge in [-0.2, -0.15) is 9.98 Å². The van der Waals surface area contributed by atoms with Crippen LogP contribution in [0.3, 0.4) is 0 Å². The van der Waals surface area contributed by atoms with E-state index >= 15 is 0 Å². The second-order valence-electron chi connectivity index (χ2n) is 33.7. The molecule has 0 radical (unpaired) electrons. The first-order valence-corrected chi connectivity index (χ1v) is 41.8. The fraction of sp³-hybridized carbons (Fsp3) is 0.200. The summed E-state index contributed by atoms with van der Waals surface area (Å²) >= 11 is 0. The highest BCUT2D eigenvalue weighted by Gasteiger charge is 2.40. The van der Waals surface area contributed by atoms with Crippen LogP contribution in [-0.4, -0.2) is 99.6 Å². The number of Topliss-reactive ketones (excluding diaryl/α,β-unsaturated/α-hetero) is 2. The first kappa shape index (κ1) is 93.8. The third-order valence-corrected chi connectivity index (χ3v) is 23.6. The molecule has 26 heteroatoms.